The van der Waals surface area contributed by atoms with Crippen LogP contribution in [-0.2, 0) is 20.7 Å². The van der Waals surface area contributed by atoms with Crippen LogP contribution in [0, 0.1) is 11.6 Å². The lowest BCUT2D eigenvalue weighted by molar-refractivity contribution is -0.155. The van der Waals surface area contributed by atoms with Gasteiger partial charge in [0, 0.05) is 37.0 Å². The average molecular weight is 556 g/mol. The zero-order chi connectivity index (χ0) is 28.2. The number of halogens is 5. The highest BCUT2D eigenvalue weighted by Gasteiger charge is 2.45. The van der Waals surface area contributed by atoms with Crippen LogP contribution in [0.3, 0.4) is 0 Å². The molecule has 0 saturated heterocycles. The molecule has 39 heavy (non-hydrogen) atoms. The third-order valence-electron chi connectivity index (χ3n) is 6.83. The Morgan fingerprint density at radius 1 is 1.05 bits per heavy atom. The molecule has 4 rings (SSSR count). The van der Waals surface area contributed by atoms with Gasteiger partial charge in [-0.1, -0.05) is 24.3 Å². The van der Waals surface area contributed by atoms with Crippen molar-refractivity contribution in [2.24, 2.45) is 0 Å². The van der Waals surface area contributed by atoms with Gasteiger partial charge in [0.1, 0.15) is 30.6 Å². The zero-order valence-electron chi connectivity index (χ0n) is 21.4. The van der Waals surface area contributed by atoms with Crippen molar-refractivity contribution in [1.82, 2.24) is 4.90 Å². The molecule has 0 unspecified atom stereocenters. The van der Waals surface area contributed by atoms with E-state index in [1.807, 2.05) is 24.3 Å². The smallest absolute Gasteiger partial charge is 0.401 e. The van der Waals surface area contributed by atoms with E-state index in [1.54, 1.807) is 6.92 Å². The van der Waals surface area contributed by atoms with Crippen LogP contribution in [0.1, 0.15) is 42.5 Å². The fourth-order valence-electron chi connectivity index (χ4n) is 5.27. The first-order valence-electron chi connectivity index (χ1n) is 12.7. The highest BCUT2D eigenvalue weighted by Crippen LogP contribution is 2.50. The molecule has 1 aliphatic carbocycles. The van der Waals surface area contributed by atoms with Crippen LogP contribution in [0.2, 0.25) is 0 Å². The normalized spacial score (nSPS) is 19.2. The molecule has 2 atom stereocenters. The SMILES string of the molecule is C[C@@H]1CC2=C(Cc3ccccc32)[C@@H](c2c(F)cc(OCCOCCCOCC(=O)O)cc2F)N1CC(F)(F)F. The number of nitrogens with zero attached hydrogens (tertiary/aromatic N) is 1. The molecule has 0 fully saturated rings. The molecule has 1 aliphatic heterocycles. The Hall–Kier alpha value is -3.02. The van der Waals surface area contributed by atoms with E-state index < -0.39 is 54.6 Å². The van der Waals surface area contributed by atoms with Gasteiger partial charge in [-0.3, -0.25) is 4.90 Å². The number of benzene rings is 2. The van der Waals surface area contributed by atoms with Crippen LogP contribution in [0.4, 0.5) is 22.0 Å². The van der Waals surface area contributed by atoms with Gasteiger partial charge >= 0.3 is 12.1 Å². The first kappa shape index (κ1) is 29.0. The largest absolute Gasteiger partial charge is 0.491 e. The maximum absolute atomic E-state index is 15.5. The predicted octanol–water partition coefficient (Wildman–Crippen LogP) is 5.56. The van der Waals surface area contributed by atoms with E-state index in [-0.39, 0.29) is 32.2 Å². The summed E-state index contributed by atoms with van der Waals surface area (Å²) in [6.45, 7) is 0.544. The molecular formula is C28H30F5NO5. The van der Waals surface area contributed by atoms with E-state index in [4.69, 9.17) is 19.3 Å². The van der Waals surface area contributed by atoms with Crippen molar-refractivity contribution < 1.29 is 46.1 Å². The molecule has 0 aromatic heterocycles. The van der Waals surface area contributed by atoms with Crippen LogP contribution < -0.4 is 4.74 Å². The molecule has 6 nitrogen and oxygen atoms in total. The molecule has 0 amide bonds. The first-order valence-corrected chi connectivity index (χ1v) is 12.7. The summed E-state index contributed by atoms with van der Waals surface area (Å²) in [5.41, 5.74) is 2.88. The topological polar surface area (TPSA) is 68.2 Å². The summed E-state index contributed by atoms with van der Waals surface area (Å²) in [4.78, 5) is 11.5. The van der Waals surface area contributed by atoms with Gasteiger partial charge in [0.15, 0.2) is 0 Å². The van der Waals surface area contributed by atoms with Crippen molar-refractivity contribution in [3.8, 4) is 5.75 Å². The maximum atomic E-state index is 15.5. The van der Waals surface area contributed by atoms with Gasteiger partial charge in [0.2, 0.25) is 0 Å². The Labute approximate surface area is 223 Å². The highest BCUT2D eigenvalue weighted by atomic mass is 19.4. The third-order valence-corrected chi connectivity index (χ3v) is 6.83. The second-order valence-corrected chi connectivity index (χ2v) is 9.64. The summed E-state index contributed by atoms with van der Waals surface area (Å²) in [6.07, 6.45) is -3.41. The van der Waals surface area contributed by atoms with E-state index in [0.29, 0.717) is 24.8 Å². The molecule has 0 radical (unpaired) electrons. The fraction of sp³-hybridized carbons (Fsp3) is 0.464. The minimum Gasteiger partial charge on any atom is -0.491 e. The second-order valence-electron chi connectivity index (χ2n) is 9.64. The number of alkyl halides is 3. The molecule has 1 heterocycles. The fourth-order valence-corrected chi connectivity index (χ4v) is 5.27. The molecule has 212 valence electrons. The monoisotopic (exact) mass is 555 g/mol. The molecule has 11 heteroatoms. The van der Waals surface area contributed by atoms with E-state index in [0.717, 1.165) is 33.7 Å². The molecule has 0 bridgehead atoms. The minimum absolute atomic E-state index is 0.0144. The molecule has 0 spiro atoms. The summed E-state index contributed by atoms with van der Waals surface area (Å²) in [7, 11) is 0. The predicted molar refractivity (Wildman–Crippen MR) is 132 cm³/mol. The summed E-state index contributed by atoms with van der Waals surface area (Å²) in [5, 5.41) is 8.50. The number of fused-ring (bicyclic) bond motifs is 2. The van der Waals surface area contributed by atoms with Crippen molar-refractivity contribution >= 4 is 11.5 Å². The Bertz CT molecular complexity index is 1190. The standard InChI is InChI=1S/C28H30F5NO5/c1-17-11-21-20-6-3-2-5-18(20)12-22(21)27(34(17)16-28(31,32)33)26-23(29)13-19(14-24(26)30)39-10-9-37-7-4-8-38-15-25(35)36/h2-3,5-6,13-14,17,27H,4,7-12,15-16H2,1H3,(H,35,36)/t17-,27+/m1/s1. The van der Waals surface area contributed by atoms with Crippen molar-refractivity contribution in [2.45, 2.75) is 44.4 Å². The van der Waals surface area contributed by atoms with Crippen LogP contribution in [-0.4, -0.2) is 67.8 Å². The number of carboxylic acids is 1. The van der Waals surface area contributed by atoms with Crippen LogP contribution >= 0.6 is 0 Å². The number of carbonyl (C=O) groups is 1. The lowest BCUT2D eigenvalue weighted by Gasteiger charge is -2.42. The lowest BCUT2D eigenvalue weighted by atomic mass is 9.84. The Morgan fingerprint density at radius 2 is 1.74 bits per heavy atom. The molecular weight excluding hydrogens is 525 g/mol. The van der Waals surface area contributed by atoms with Gasteiger partial charge in [-0.25, -0.2) is 13.6 Å². The number of hydrogen-bond acceptors (Lipinski definition) is 5. The van der Waals surface area contributed by atoms with Crippen LogP contribution in [0.5, 0.6) is 5.75 Å². The summed E-state index contributed by atoms with van der Waals surface area (Å²) < 4.78 is 87.4. The van der Waals surface area contributed by atoms with Gasteiger partial charge in [-0.2, -0.15) is 13.2 Å². The summed E-state index contributed by atoms with van der Waals surface area (Å²) in [6, 6.07) is 7.65. The van der Waals surface area contributed by atoms with E-state index in [9.17, 15) is 18.0 Å². The van der Waals surface area contributed by atoms with E-state index in [2.05, 4.69) is 0 Å². The summed E-state index contributed by atoms with van der Waals surface area (Å²) in [5.74, 6) is -3.12. The molecule has 2 aliphatic rings. The number of rotatable bonds is 12. The van der Waals surface area contributed by atoms with E-state index in [1.165, 1.54) is 0 Å². The molecule has 0 saturated carbocycles. The number of ether oxygens (including phenoxy) is 3. The van der Waals surface area contributed by atoms with Gasteiger partial charge in [-0.15, -0.1) is 0 Å². The average Bonchev–Trinajstić information content (AvgIpc) is 3.21. The Kier molecular flexibility index (Phi) is 9.24. The minimum atomic E-state index is -4.55. The molecule has 1 N–H and O–H groups in total. The van der Waals surface area contributed by atoms with Crippen molar-refractivity contribution in [2.75, 3.05) is 39.6 Å². The summed E-state index contributed by atoms with van der Waals surface area (Å²) >= 11 is 0. The number of hydrogen-bond donors (Lipinski definition) is 1. The van der Waals surface area contributed by atoms with Gasteiger partial charge in [0.25, 0.3) is 0 Å². The van der Waals surface area contributed by atoms with Crippen molar-refractivity contribution in [1.29, 1.82) is 0 Å². The van der Waals surface area contributed by atoms with Crippen molar-refractivity contribution in [3.63, 3.8) is 0 Å². The number of carboxylic acid groups (broad SMARTS) is 1. The molecule has 2 aromatic rings. The van der Waals surface area contributed by atoms with Gasteiger partial charge < -0.3 is 19.3 Å². The number of aliphatic carboxylic acids is 1. The van der Waals surface area contributed by atoms with Crippen LogP contribution in [0.25, 0.3) is 5.57 Å². The quantitative estimate of drug-likeness (QED) is 0.273. The van der Waals surface area contributed by atoms with Gasteiger partial charge in [-0.05, 0) is 48.5 Å². The highest BCUT2D eigenvalue weighted by molar-refractivity contribution is 5.79. The lowest BCUT2D eigenvalue weighted by Crippen LogP contribution is -2.46. The first-order chi connectivity index (χ1) is 18.5. The van der Waals surface area contributed by atoms with Crippen molar-refractivity contribution in [3.05, 3.63) is 70.3 Å². The van der Waals surface area contributed by atoms with Gasteiger partial charge in [0.05, 0.1) is 19.2 Å². The van der Waals surface area contributed by atoms with Crippen LogP contribution in [0.15, 0.2) is 42.0 Å². The second kappa shape index (κ2) is 12.4. The van der Waals surface area contributed by atoms with E-state index >= 15 is 8.78 Å². The Morgan fingerprint density at radius 3 is 2.44 bits per heavy atom. The molecule has 2 aromatic carbocycles. The zero-order valence-corrected chi connectivity index (χ0v) is 21.4. The maximum Gasteiger partial charge on any atom is 0.401 e. The third kappa shape index (κ3) is 7.14. The Balaban J connectivity index is 1.48.